The average Bonchev–Trinajstić information content (AvgIpc) is 2.71. The molecule has 0 amide bonds. The van der Waals surface area contributed by atoms with E-state index in [1.54, 1.807) is 96.3 Å². The van der Waals surface area contributed by atoms with Crippen LogP contribution in [0.15, 0.2) is 0 Å². The molecule has 12 fully saturated rings. The molecule has 12 bridgehead atoms. The van der Waals surface area contributed by atoms with E-state index >= 15 is 0 Å². The molecule has 0 saturated heterocycles. The van der Waals surface area contributed by atoms with Gasteiger partial charge in [0, 0.05) is 0 Å². The van der Waals surface area contributed by atoms with E-state index < -0.39 is 7.38 Å². The summed E-state index contributed by atoms with van der Waals surface area (Å²) in [6, 6.07) is 0. The van der Waals surface area contributed by atoms with Crippen LogP contribution in [0.5, 0.6) is 0 Å². The normalized spacial score (nSPS) is 65.0. The Hall–Kier alpha value is 0.507. The first-order chi connectivity index (χ1) is 15.6. The fourth-order valence-electron chi connectivity index (χ4n) is 14.6. The maximum atomic E-state index is 8.81. The zero-order chi connectivity index (χ0) is 20.8. The van der Waals surface area contributed by atoms with Gasteiger partial charge >= 0.3 is 0 Å². The molecule has 176 valence electrons. The van der Waals surface area contributed by atoms with Crippen LogP contribution in [0.4, 0.5) is 0 Å². The zero-order valence-electron chi connectivity index (χ0n) is 20.1. The molecule has 32 heavy (non-hydrogen) atoms. The summed E-state index contributed by atoms with van der Waals surface area (Å²) in [5, 5.41) is 0. The van der Waals surface area contributed by atoms with Crippen molar-refractivity contribution in [3.8, 4) is 0 Å². The van der Waals surface area contributed by atoms with Gasteiger partial charge < -0.3 is 0 Å². The molecule has 0 unspecified atom stereocenters. The monoisotopic (exact) mass is 468 g/mol. The predicted molar refractivity (Wildman–Crippen MR) is 134 cm³/mol. The zero-order valence-corrected chi connectivity index (χ0v) is 21.9. The van der Waals surface area contributed by atoms with Crippen LogP contribution in [0.25, 0.3) is 0 Å². The van der Waals surface area contributed by atoms with Gasteiger partial charge in [-0.2, -0.15) is 11.1 Å². The predicted octanol–water partition coefficient (Wildman–Crippen LogP) is 8.65. The Morgan fingerprint density at radius 1 is 0.312 bits per heavy atom. The lowest BCUT2D eigenvalue weighted by molar-refractivity contribution is -0.0135. The van der Waals surface area contributed by atoms with Crippen molar-refractivity contribution in [1.82, 2.24) is 0 Å². The van der Waals surface area contributed by atoms with Gasteiger partial charge in [-0.3, -0.25) is 0 Å². The maximum Gasteiger partial charge on any atom is 0.167 e. The Bertz CT molecular complexity index is 616. The van der Waals surface area contributed by atoms with Crippen LogP contribution in [-0.4, -0.2) is 7.38 Å². The van der Waals surface area contributed by atoms with Crippen molar-refractivity contribution in [1.29, 1.82) is 0 Å². The standard InChI is InChI=1S/C30H45ClSi/c31-32(28-22-4-16-1-17(6-22)7-23(28)5-16,29-24-8-18-2-19(10-24)11-25(29)9-18)30-26-12-20-3-21(14-26)15-27(30)13-20/h16-30H,1-15H2. The molecular formula is C30H45ClSi. The Morgan fingerprint density at radius 3 is 0.688 bits per heavy atom. The van der Waals surface area contributed by atoms with Crippen LogP contribution >= 0.6 is 11.1 Å². The summed E-state index contributed by atoms with van der Waals surface area (Å²) >= 11 is 8.81. The summed E-state index contributed by atoms with van der Waals surface area (Å²) in [6.45, 7) is 0. The summed E-state index contributed by atoms with van der Waals surface area (Å²) < 4.78 is 0. The van der Waals surface area contributed by atoms with Gasteiger partial charge in [0.15, 0.2) is 7.38 Å². The van der Waals surface area contributed by atoms with E-state index in [1.165, 1.54) is 0 Å². The highest BCUT2D eigenvalue weighted by Gasteiger charge is 2.69. The van der Waals surface area contributed by atoms with E-state index in [0.717, 1.165) is 87.6 Å². The van der Waals surface area contributed by atoms with Crippen LogP contribution in [-0.2, 0) is 0 Å². The molecule has 0 aromatic rings. The van der Waals surface area contributed by atoms with Gasteiger partial charge in [0.1, 0.15) is 0 Å². The van der Waals surface area contributed by atoms with Crippen LogP contribution in [0.3, 0.4) is 0 Å². The van der Waals surface area contributed by atoms with Crippen molar-refractivity contribution in [2.75, 3.05) is 0 Å². The van der Waals surface area contributed by atoms with Gasteiger partial charge in [0.05, 0.1) is 0 Å². The molecule has 12 saturated carbocycles. The highest BCUT2D eigenvalue weighted by atomic mass is 35.6. The number of hydrogen-bond acceptors (Lipinski definition) is 0. The maximum absolute atomic E-state index is 8.81. The molecule has 12 aliphatic rings. The first kappa shape index (κ1) is 19.7. The van der Waals surface area contributed by atoms with E-state index in [4.69, 9.17) is 11.1 Å². The average molecular weight is 469 g/mol. The third-order valence-corrected chi connectivity index (χ3v) is 22.4. The summed E-state index contributed by atoms with van der Waals surface area (Å²) in [4.78, 5) is 0. The quantitative estimate of drug-likeness (QED) is 0.287. The van der Waals surface area contributed by atoms with E-state index in [9.17, 15) is 0 Å². The van der Waals surface area contributed by atoms with E-state index in [-0.39, 0.29) is 0 Å². The van der Waals surface area contributed by atoms with Crippen LogP contribution < -0.4 is 0 Å². The molecule has 0 nitrogen and oxygen atoms in total. The van der Waals surface area contributed by atoms with Crippen molar-refractivity contribution in [2.24, 2.45) is 71.0 Å². The Labute approximate surface area is 202 Å². The molecule has 12 rings (SSSR count). The Morgan fingerprint density at radius 2 is 0.500 bits per heavy atom. The van der Waals surface area contributed by atoms with Crippen LogP contribution in [0, 0.1) is 71.0 Å². The smallest absolute Gasteiger partial charge is 0.166 e. The second-order valence-electron chi connectivity index (χ2n) is 15.7. The largest absolute Gasteiger partial charge is 0.167 e. The second-order valence-corrected chi connectivity index (χ2v) is 21.3. The number of hydrogen-bond donors (Lipinski definition) is 0. The molecule has 0 atom stereocenters. The molecule has 0 aliphatic heterocycles. The van der Waals surface area contributed by atoms with E-state index in [1.807, 2.05) is 0 Å². The fourth-order valence-corrected chi connectivity index (χ4v) is 25.1. The van der Waals surface area contributed by atoms with Crippen LogP contribution in [0.2, 0.25) is 16.6 Å². The van der Waals surface area contributed by atoms with Gasteiger partial charge in [-0.05, 0) is 184 Å². The minimum absolute atomic E-state index is 1.04. The highest BCUT2D eigenvalue weighted by molar-refractivity contribution is 7.22. The Balaban J connectivity index is 1.17. The first-order valence-electron chi connectivity index (χ1n) is 15.3. The van der Waals surface area contributed by atoms with E-state index in [2.05, 4.69) is 0 Å². The van der Waals surface area contributed by atoms with Gasteiger partial charge in [0.2, 0.25) is 0 Å². The van der Waals surface area contributed by atoms with E-state index in [0.29, 0.717) is 0 Å². The van der Waals surface area contributed by atoms with Crippen molar-refractivity contribution < 1.29 is 0 Å². The second kappa shape index (κ2) is 6.63. The summed E-state index contributed by atoms with van der Waals surface area (Å²) in [5.74, 6) is 13.1. The van der Waals surface area contributed by atoms with Crippen molar-refractivity contribution in [3.63, 3.8) is 0 Å². The Kier molecular flexibility index (Phi) is 4.07. The highest BCUT2D eigenvalue weighted by Crippen LogP contribution is 2.76. The number of rotatable bonds is 3. The SMILES string of the molecule is Cl[Si](C1C2CC3CC(C2)CC1C3)(C1C2CC3CC(C2)CC1C3)C1C2CC3CC(C2)CC1C3. The summed E-state index contributed by atoms with van der Waals surface area (Å²) in [6.07, 6.45) is 24.1. The molecule has 0 N–H and O–H groups in total. The molecule has 2 heteroatoms. The minimum atomic E-state index is -1.89. The van der Waals surface area contributed by atoms with Crippen molar-refractivity contribution >= 4 is 18.5 Å². The lowest BCUT2D eigenvalue weighted by Crippen LogP contribution is -2.64. The van der Waals surface area contributed by atoms with Crippen molar-refractivity contribution in [3.05, 3.63) is 0 Å². The molecule has 12 aliphatic carbocycles. The van der Waals surface area contributed by atoms with Crippen molar-refractivity contribution in [2.45, 2.75) is 113 Å². The first-order valence-corrected chi connectivity index (χ1v) is 18.5. The third-order valence-electron chi connectivity index (χ3n) is 14.2. The molecular weight excluding hydrogens is 424 g/mol. The van der Waals surface area contributed by atoms with Gasteiger partial charge in [-0.15, -0.1) is 0 Å². The lowest BCUT2D eigenvalue weighted by atomic mass is 9.55. The summed E-state index contributed by atoms with van der Waals surface area (Å²) in [5.41, 5.74) is 3.13. The van der Waals surface area contributed by atoms with Gasteiger partial charge in [0.25, 0.3) is 0 Å². The molecule has 0 spiro atoms. The minimum Gasteiger partial charge on any atom is -0.166 e. The molecule has 0 heterocycles. The number of halogens is 1. The van der Waals surface area contributed by atoms with Gasteiger partial charge in [-0.1, -0.05) is 0 Å². The molecule has 0 aromatic carbocycles. The lowest BCUT2D eigenvalue weighted by Gasteiger charge is -2.69. The van der Waals surface area contributed by atoms with Crippen LogP contribution in [0.1, 0.15) is 96.3 Å². The molecule has 0 radical (unpaired) electrons. The summed E-state index contributed by atoms with van der Waals surface area (Å²) in [7, 11) is -1.89. The third kappa shape index (κ3) is 2.53. The fraction of sp³-hybridized carbons (Fsp3) is 1.00. The topological polar surface area (TPSA) is 0 Å². The molecule has 0 aromatic heterocycles. The van der Waals surface area contributed by atoms with Gasteiger partial charge in [-0.25, -0.2) is 0 Å².